The second-order valence-corrected chi connectivity index (χ2v) is 7.10. The van der Waals surface area contributed by atoms with Crippen LogP contribution in [0.25, 0.3) is 0 Å². The van der Waals surface area contributed by atoms with E-state index in [2.05, 4.69) is 44.3 Å². The molecule has 1 aromatic carbocycles. The Morgan fingerprint density at radius 3 is 2.65 bits per heavy atom. The normalized spacial score (nSPS) is 23.6. The minimum Gasteiger partial charge on any atom is -0.497 e. The van der Waals surface area contributed by atoms with E-state index in [0.717, 1.165) is 18.2 Å². The third-order valence-electron chi connectivity index (χ3n) is 4.58. The largest absolute Gasteiger partial charge is 0.497 e. The summed E-state index contributed by atoms with van der Waals surface area (Å²) in [6.07, 6.45) is 5.42. The molecule has 1 aliphatic carbocycles. The molecule has 2 unspecified atom stereocenters. The Morgan fingerprint density at radius 1 is 1.20 bits per heavy atom. The van der Waals surface area contributed by atoms with Crippen molar-refractivity contribution in [3.8, 4) is 5.75 Å². The SMILES string of the molecule is COc1cccc(CNC2CCCCC2C(C)(C)C)c1. The van der Waals surface area contributed by atoms with Gasteiger partial charge in [-0.1, -0.05) is 45.7 Å². The molecular weight excluding hydrogens is 246 g/mol. The first kappa shape index (κ1) is 15.4. The molecule has 2 atom stereocenters. The van der Waals surface area contributed by atoms with E-state index in [4.69, 9.17) is 4.74 Å². The van der Waals surface area contributed by atoms with Gasteiger partial charge in [0.1, 0.15) is 5.75 Å². The Balaban J connectivity index is 1.97. The first-order chi connectivity index (χ1) is 9.50. The molecule has 0 heterocycles. The van der Waals surface area contributed by atoms with Crippen LogP contribution in [0, 0.1) is 11.3 Å². The average Bonchev–Trinajstić information content (AvgIpc) is 2.44. The van der Waals surface area contributed by atoms with E-state index < -0.39 is 0 Å². The molecule has 1 saturated carbocycles. The number of methoxy groups -OCH3 is 1. The third kappa shape index (κ3) is 3.99. The molecule has 0 amide bonds. The van der Waals surface area contributed by atoms with Crippen LogP contribution >= 0.6 is 0 Å². The van der Waals surface area contributed by atoms with E-state index in [1.54, 1.807) is 7.11 Å². The van der Waals surface area contributed by atoms with Crippen molar-refractivity contribution >= 4 is 0 Å². The molecule has 0 saturated heterocycles. The van der Waals surface area contributed by atoms with E-state index >= 15 is 0 Å². The smallest absolute Gasteiger partial charge is 0.119 e. The van der Waals surface area contributed by atoms with Crippen LogP contribution in [-0.2, 0) is 6.54 Å². The van der Waals surface area contributed by atoms with Crippen molar-refractivity contribution in [3.63, 3.8) is 0 Å². The first-order valence-corrected chi connectivity index (χ1v) is 7.87. The molecule has 112 valence electrons. The topological polar surface area (TPSA) is 21.3 Å². The summed E-state index contributed by atoms with van der Waals surface area (Å²) in [5.41, 5.74) is 1.70. The van der Waals surface area contributed by atoms with Crippen molar-refractivity contribution in [1.29, 1.82) is 0 Å². The van der Waals surface area contributed by atoms with E-state index in [1.807, 2.05) is 6.07 Å². The first-order valence-electron chi connectivity index (χ1n) is 7.87. The summed E-state index contributed by atoms with van der Waals surface area (Å²) in [7, 11) is 1.73. The number of hydrogen-bond donors (Lipinski definition) is 1. The number of rotatable bonds is 4. The summed E-state index contributed by atoms with van der Waals surface area (Å²) in [5.74, 6) is 1.72. The summed E-state index contributed by atoms with van der Waals surface area (Å²) < 4.78 is 5.29. The molecule has 20 heavy (non-hydrogen) atoms. The monoisotopic (exact) mass is 275 g/mol. The Morgan fingerprint density at radius 2 is 1.95 bits per heavy atom. The highest BCUT2D eigenvalue weighted by atomic mass is 16.5. The lowest BCUT2D eigenvalue weighted by Crippen LogP contribution is -2.43. The van der Waals surface area contributed by atoms with Crippen molar-refractivity contribution in [1.82, 2.24) is 5.32 Å². The maximum Gasteiger partial charge on any atom is 0.119 e. The molecular formula is C18H29NO. The molecule has 2 rings (SSSR count). The van der Waals surface area contributed by atoms with Gasteiger partial charge in [-0.05, 0) is 41.9 Å². The van der Waals surface area contributed by atoms with Gasteiger partial charge in [0.05, 0.1) is 7.11 Å². The maximum atomic E-state index is 5.29. The molecule has 0 radical (unpaired) electrons. The molecule has 0 aliphatic heterocycles. The predicted molar refractivity (Wildman–Crippen MR) is 85.0 cm³/mol. The number of nitrogens with one attached hydrogen (secondary N) is 1. The Kier molecular flexibility index (Phi) is 5.09. The molecule has 1 aliphatic rings. The Labute approximate surface area is 123 Å². The van der Waals surface area contributed by atoms with Gasteiger partial charge in [-0.15, -0.1) is 0 Å². The van der Waals surface area contributed by atoms with Crippen LogP contribution in [-0.4, -0.2) is 13.2 Å². The van der Waals surface area contributed by atoms with Crippen LogP contribution in [0.15, 0.2) is 24.3 Å². The lowest BCUT2D eigenvalue weighted by atomic mass is 9.69. The molecule has 0 aromatic heterocycles. The van der Waals surface area contributed by atoms with Gasteiger partial charge in [0.2, 0.25) is 0 Å². The van der Waals surface area contributed by atoms with Crippen LogP contribution in [0.5, 0.6) is 5.75 Å². The lowest BCUT2D eigenvalue weighted by Gasteiger charge is -2.41. The summed E-state index contributed by atoms with van der Waals surface area (Å²) >= 11 is 0. The van der Waals surface area contributed by atoms with Crippen molar-refractivity contribution in [2.75, 3.05) is 7.11 Å². The van der Waals surface area contributed by atoms with Crippen molar-refractivity contribution < 1.29 is 4.74 Å². The number of ether oxygens (including phenoxy) is 1. The molecule has 0 bridgehead atoms. The van der Waals surface area contributed by atoms with Crippen LogP contribution in [0.1, 0.15) is 52.0 Å². The Hall–Kier alpha value is -1.02. The van der Waals surface area contributed by atoms with E-state index in [0.29, 0.717) is 11.5 Å². The molecule has 1 N–H and O–H groups in total. The van der Waals surface area contributed by atoms with Crippen LogP contribution in [0.3, 0.4) is 0 Å². The van der Waals surface area contributed by atoms with Crippen LogP contribution in [0.4, 0.5) is 0 Å². The minimum atomic E-state index is 0.395. The Bertz CT molecular complexity index is 422. The predicted octanol–water partition coefficient (Wildman–Crippen LogP) is 4.39. The van der Waals surface area contributed by atoms with Gasteiger partial charge >= 0.3 is 0 Å². The highest BCUT2D eigenvalue weighted by Crippen LogP contribution is 2.38. The van der Waals surface area contributed by atoms with Crippen molar-refractivity contribution in [3.05, 3.63) is 29.8 Å². The van der Waals surface area contributed by atoms with Gasteiger partial charge in [0.25, 0.3) is 0 Å². The average molecular weight is 275 g/mol. The third-order valence-corrected chi connectivity index (χ3v) is 4.58. The number of benzene rings is 1. The summed E-state index contributed by atoms with van der Waals surface area (Å²) in [6, 6.07) is 9.02. The highest BCUT2D eigenvalue weighted by Gasteiger charge is 2.33. The quantitative estimate of drug-likeness (QED) is 0.880. The fraction of sp³-hybridized carbons (Fsp3) is 0.667. The van der Waals surface area contributed by atoms with E-state index in [1.165, 1.54) is 31.2 Å². The zero-order valence-corrected chi connectivity index (χ0v) is 13.4. The summed E-state index contributed by atoms with van der Waals surface area (Å²) in [5, 5.41) is 3.79. The minimum absolute atomic E-state index is 0.395. The molecule has 2 nitrogen and oxygen atoms in total. The molecule has 2 heteroatoms. The second kappa shape index (κ2) is 6.62. The maximum absolute atomic E-state index is 5.29. The van der Waals surface area contributed by atoms with Crippen molar-refractivity contribution in [2.24, 2.45) is 11.3 Å². The van der Waals surface area contributed by atoms with E-state index in [9.17, 15) is 0 Å². The fourth-order valence-corrected chi connectivity index (χ4v) is 3.44. The van der Waals surface area contributed by atoms with Gasteiger partial charge in [-0.25, -0.2) is 0 Å². The van der Waals surface area contributed by atoms with Crippen molar-refractivity contribution in [2.45, 2.75) is 59.0 Å². The fourth-order valence-electron chi connectivity index (χ4n) is 3.44. The van der Waals surface area contributed by atoms with Gasteiger partial charge < -0.3 is 10.1 Å². The lowest BCUT2D eigenvalue weighted by molar-refractivity contribution is 0.130. The van der Waals surface area contributed by atoms with Gasteiger partial charge in [0, 0.05) is 12.6 Å². The van der Waals surface area contributed by atoms with Gasteiger partial charge in [-0.2, -0.15) is 0 Å². The zero-order valence-electron chi connectivity index (χ0n) is 13.4. The number of hydrogen-bond acceptors (Lipinski definition) is 2. The van der Waals surface area contributed by atoms with Gasteiger partial charge in [0.15, 0.2) is 0 Å². The van der Waals surface area contributed by atoms with Gasteiger partial charge in [-0.3, -0.25) is 0 Å². The highest BCUT2D eigenvalue weighted by molar-refractivity contribution is 5.28. The van der Waals surface area contributed by atoms with Crippen LogP contribution in [0.2, 0.25) is 0 Å². The van der Waals surface area contributed by atoms with E-state index in [-0.39, 0.29) is 0 Å². The second-order valence-electron chi connectivity index (χ2n) is 7.10. The zero-order chi connectivity index (χ0) is 14.6. The molecule has 1 aromatic rings. The summed E-state index contributed by atoms with van der Waals surface area (Å²) in [4.78, 5) is 0. The standard InChI is InChI=1S/C18H29NO/c1-18(2,3)16-10-5-6-11-17(16)19-13-14-8-7-9-15(12-14)20-4/h7-9,12,16-17,19H,5-6,10-11,13H2,1-4H3. The summed E-state index contributed by atoms with van der Waals surface area (Å²) in [6.45, 7) is 8.07. The van der Waals surface area contributed by atoms with Crippen LogP contribution < -0.4 is 10.1 Å². The molecule has 1 fully saturated rings. The molecule has 0 spiro atoms.